The largest absolute Gasteiger partial charge is 0.358 e. The Morgan fingerprint density at radius 1 is 1.25 bits per heavy atom. The first-order valence-electron chi connectivity index (χ1n) is 5.82. The number of benzene rings is 1. The van der Waals surface area contributed by atoms with Crippen molar-refractivity contribution in [2.75, 3.05) is 13.1 Å². The zero-order valence-corrected chi connectivity index (χ0v) is 10.7. The molecule has 2 aromatic rings. The molecule has 0 spiro atoms. The van der Waals surface area contributed by atoms with Gasteiger partial charge < -0.3 is 10.3 Å². The Morgan fingerprint density at radius 2 is 2.19 bits per heavy atom. The Morgan fingerprint density at radius 3 is 3.00 bits per heavy atom. The van der Waals surface area contributed by atoms with Gasteiger partial charge in [-0.15, -0.1) is 0 Å². The third kappa shape index (κ3) is 1.89. The molecule has 1 aromatic heterocycles. The van der Waals surface area contributed by atoms with Crippen LogP contribution in [0.2, 0.25) is 0 Å². The van der Waals surface area contributed by atoms with E-state index in [0.29, 0.717) is 5.92 Å². The predicted molar refractivity (Wildman–Crippen MR) is 70.8 cm³/mol. The van der Waals surface area contributed by atoms with E-state index >= 15 is 0 Å². The Labute approximate surface area is 104 Å². The Balaban J connectivity index is 1.97. The summed E-state index contributed by atoms with van der Waals surface area (Å²) in [7, 11) is 0. The molecular formula is C13H15BrN2. The quantitative estimate of drug-likeness (QED) is 0.822. The van der Waals surface area contributed by atoms with Gasteiger partial charge in [0.1, 0.15) is 0 Å². The van der Waals surface area contributed by atoms with Crippen LogP contribution in [0.15, 0.2) is 28.7 Å². The maximum Gasteiger partial charge on any atom is 0.0467 e. The van der Waals surface area contributed by atoms with E-state index in [1.54, 1.807) is 0 Å². The smallest absolute Gasteiger partial charge is 0.0467 e. The minimum atomic E-state index is 0.653. The lowest BCUT2D eigenvalue weighted by Crippen LogP contribution is -2.28. The molecule has 0 aliphatic carbocycles. The van der Waals surface area contributed by atoms with Crippen molar-refractivity contribution < 1.29 is 0 Å². The highest BCUT2D eigenvalue weighted by Gasteiger charge is 2.16. The lowest BCUT2D eigenvalue weighted by atomic mass is 9.96. The zero-order chi connectivity index (χ0) is 11.0. The normalized spacial score (nSPS) is 21.4. The first-order chi connectivity index (χ1) is 7.83. The van der Waals surface area contributed by atoms with Crippen LogP contribution in [0.5, 0.6) is 0 Å². The van der Waals surface area contributed by atoms with Crippen LogP contribution in [-0.2, 0) is 0 Å². The third-order valence-electron chi connectivity index (χ3n) is 3.34. The lowest BCUT2D eigenvalue weighted by molar-refractivity contribution is 0.456. The number of hydrogen-bond acceptors (Lipinski definition) is 1. The van der Waals surface area contributed by atoms with E-state index < -0.39 is 0 Å². The molecule has 1 aliphatic rings. The van der Waals surface area contributed by atoms with Crippen LogP contribution in [0, 0.1) is 0 Å². The maximum absolute atomic E-state index is 3.54. The summed E-state index contributed by atoms with van der Waals surface area (Å²) in [5.41, 5.74) is 2.61. The summed E-state index contributed by atoms with van der Waals surface area (Å²) < 4.78 is 1.13. The summed E-state index contributed by atoms with van der Waals surface area (Å²) in [6.45, 7) is 2.27. The molecule has 1 saturated heterocycles. The van der Waals surface area contributed by atoms with Crippen molar-refractivity contribution in [3.05, 3.63) is 34.4 Å². The van der Waals surface area contributed by atoms with Crippen LogP contribution in [0.4, 0.5) is 0 Å². The van der Waals surface area contributed by atoms with Crippen LogP contribution >= 0.6 is 15.9 Å². The highest BCUT2D eigenvalue weighted by atomic mass is 79.9. The summed E-state index contributed by atoms with van der Waals surface area (Å²) >= 11 is 3.51. The molecule has 0 saturated carbocycles. The second-order valence-electron chi connectivity index (χ2n) is 4.50. The van der Waals surface area contributed by atoms with E-state index in [2.05, 4.69) is 50.5 Å². The molecule has 0 radical (unpaired) electrons. The van der Waals surface area contributed by atoms with E-state index in [1.807, 2.05) is 0 Å². The third-order valence-corrected chi connectivity index (χ3v) is 3.84. The average molecular weight is 279 g/mol. The Kier molecular flexibility index (Phi) is 2.74. The average Bonchev–Trinajstić information content (AvgIpc) is 2.73. The number of aromatic amines is 1. The summed E-state index contributed by atoms with van der Waals surface area (Å²) in [5.74, 6) is 0.653. The standard InChI is InChI=1S/C13H15BrN2/c14-11-4-3-9-6-12(16-13(9)7-11)10-2-1-5-15-8-10/h3-4,6-7,10,15-16H,1-2,5,8H2. The van der Waals surface area contributed by atoms with Crippen molar-refractivity contribution in [2.45, 2.75) is 18.8 Å². The van der Waals surface area contributed by atoms with Gasteiger partial charge in [-0.3, -0.25) is 0 Å². The van der Waals surface area contributed by atoms with E-state index in [1.165, 1.54) is 36.0 Å². The number of hydrogen-bond donors (Lipinski definition) is 2. The summed E-state index contributed by atoms with van der Waals surface area (Å²) in [5, 5.41) is 4.77. The van der Waals surface area contributed by atoms with Gasteiger partial charge in [0.2, 0.25) is 0 Å². The van der Waals surface area contributed by atoms with Gasteiger partial charge in [-0.05, 0) is 43.0 Å². The number of fused-ring (bicyclic) bond motifs is 1. The molecule has 2 heterocycles. The van der Waals surface area contributed by atoms with Gasteiger partial charge in [-0.1, -0.05) is 22.0 Å². The number of nitrogens with one attached hydrogen (secondary N) is 2. The van der Waals surface area contributed by atoms with Crippen LogP contribution < -0.4 is 5.32 Å². The predicted octanol–water partition coefficient (Wildman–Crippen LogP) is 3.40. The molecule has 3 heteroatoms. The van der Waals surface area contributed by atoms with Crippen molar-refractivity contribution in [3.8, 4) is 0 Å². The Bertz CT molecular complexity index is 498. The molecule has 1 atom stereocenters. The molecule has 1 aliphatic heterocycles. The molecule has 16 heavy (non-hydrogen) atoms. The van der Waals surface area contributed by atoms with Crippen molar-refractivity contribution in [1.82, 2.24) is 10.3 Å². The first-order valence-corrected chi connectivity index (χ1v) is 6.61. The lowest BCUT2D eigenvalue weighted by Gasteiger charge is -2.21. The maximum atomic E-state index is 3.54. The van der Waals surface area contributed by atoms with Gasteiger partial charge in [0, 0.05) is 28.1 Å². The van der Waals surface area contributed by atoms with E-state index in [-0.39, 0.29) is 0 Å². The molecule has 2 nitrogen and oxygen atoms in total. The van der Waals surface area contributed by atoms with Crippen LogP contribution in [0.3, 0.4) is 0 Å². The Hall–Kier alpha value is -0.800. The van der Waals surface area contributed by atoms with Gasteiger partial charge in [0.05, 0.1) is 0 Å². The summed E-state index contributed by atoms with van der Waals surface area (Å²) in [4.78, 5) is 3.54. The highest BCUT2D eigenvalue weighted by Crippen LogP contribution is 2.27. The topological polar surface area (TPSA) is 27.8 Å². The van der Waals surface area contributed by atoms with E-state index in [0.717, 1.165) is 11.0 Å². The zero-order valence-electron chi connectivity index (χ0n) is 9.09. The molecule has 0 amide bonds. The van der Waals surface area contributed by atoms with Crippen LogP contribution in [0.1, 0.15) is 24.5 Å². The van der Waals surface area contributed by atoms with Gasteiger partial charge in [0.25, 0.3) is 0 Å². The molecule has 1 aromatic carbocycles. The number of piperidine rings is 1. The first kappa shape index (κ1) is 10.4. The second kappa shape index (κ2) is 4.22. The van der Waals surface area contributed by atoms with Crippen molar-refractivity contribution >= 4 is 26.8 Å². The molecule has 3 rings (SSSR count). The van der Waals surface area contributed by atoms with E-state index in [9.17, 15) is 0 Å². The number of halogens is 1. The number of rotatable bonds is 1. The van der Waals surface area contributed by atoms with Gasteiger partial charge in [-0.2, -0.15) is 0 Å². The van der Waals surface area contributed by atoms with Crippen LogP contribution in [-0.4, -0.2) is 18.1 Å². The molecule has 2 N–H and O–H groups in total. The second-order valence-corrected chi connectivity index (χ2v) is 5.42. The fraction of sp³-hybridized carbons (Fsp3) is 0.385. The van der Waals surface area contributed by atoms with Crippen molar-refractivity contribution in [2.24, 2.45) is 0 Å². The summed E-state index contributed by atoms with van der Waals surface area (Å²) in [6.07, 6.45) is 2.57. The number of H-pyrrole nitrogens is 1. The molecular weight excluding hydrogens is 264 g/mol. The molecule has 1 fully saturated rings. The molecule has 1 unspecified atom stereocenters. The highest BCUT2D eigenvalue weighted by molar-refractivity contribution is 9.10. The van der Waals surface area contributed by atoms with Crippen molar-refractivity contribution in [3.63, 3.8) is 0 Å². The fourth-order valence-electron chi connectivity index (χ4n) is 2.46. The minimum Gasteiger partial charge on any atom is -0.358 e. The molecule has 84 valence electrons. The van der Waals surface area contributed by atoms with E-state index in [4.69, 9.17) is 0 Å². The monoisotopic (exact) mass is 278 g/mol. The van der Waals surface area contributed by atoms with Gasteiger partial charge in [-0.25, -0.2) is 0 Å². The van der Waals surface area contributed by atoms with Crippen molar-refractivity contribution in [1.29, 1.82) is 0 Å². The minimum absolute atomic E-state index is 0.653. The molecule has 0 bridgehead atoms. The van der Waals surface area contributed by atoms with Gasteiger partial charge in [0.15, 0.2) is 0 Å². The summed E-state index contributed by atoms with van der Waals surface area (Å²) in [6, 6.07) is 8.70. The number of aromatic nitrogens is 1. The van der Waals surface area contributed by atoms with Crippen LogP contribution in [0.25, 0.3) is 10.9 Å². The van der Waals surface area contributed by atoms with Gasteiger partial charge >= 0.3 is 0 Å². The fourth-order valence-corrected chi connectivity index (χ4v) is 2.82. The SMILES string of the molecule is Brc1ccc2cc(C3CCCNC3)[nH]c2c1.